The molecule has 0 saturated heterocycles. The average molecular weight is 252 g/mol. The van der Waals surface area contributed by atoms with Gasteiger partial charge in [-0.25, -0.2) is 0 Å². The molecule has 2 rings (SSSR count). The SMILES string of the molecule is CCCC1CCC(NC)C(CN(C)CC2CC2)C1. The predicted octanol–water partition coefficient (Wildman–Crippen LogP) is 3.13. The minimum Gasteiger partial charge on any atom is -0.317 e. The lowest BCUT2D eigenvalue weighted by Crippen LogP contribution is -2.44. The highest BCUT2D eigenvalue weighted by molar-refractivity contribution is 4.86. The lowest BCUT2D eigenvalue weighted by atomic mass is 9.76. The lowest BCUT2D eigenvalue weighted by Gasteiger charge is -2.38. The van der Waals surface area contributed by atoms with Gasteiger partial charge in [0.2, 0.25) is 0 Å². The molecular formula is C16H32N2. The molecule has 0 aliphatic heterocycles. The maximum absolute atomic E-state index is 3.56. The van der Waals surface area contributed by atoms with Crippen molar-refractivity contribution >= 4 is 0 Å². The molecule has 2 aliphatic carbocycles. The van der Waals surface area contributed by atoms with Crippen LogP contribution in [-0.4, -0.2) is 38.1 Å². The molecule has 0 aromatic rings. The number of rotatable bonds is 7. The van der Waals surface area contributed by atoms with Crippen molar-refractivity contribution in [1.29, 1.82) is 0 Å². The molecule has 0 aromatic heterocycles. The van der Waals surface area contributed by atoms with Gasteiger partial charge >= 0.3 is 0 Å². The highest BCUT2D eigenvalue weighted by Crippen LogP contribution is 2.34. The van der Waals surface area contributed by atoms with Gasteiger partial charge in [0, 0.05) is 19.1 Å². The molecule has 0 bridgehead atoms. The Morgan fingerprint density at radius 2 is 1.78 bits per heavy atom. The molecule has 2 heteroatoms. The van der Waals surface area contributed by atoms with Crippen LogP contribution < -0.4 is 5.32 Å². The Bertz CT molecular complexity index is 237. The fourth-order valence-electron chi connectivity index (χ4n) is 3.83. The highest BCUT2D eigenvalue weighted by atomic mass is 15.1. The van der Waals surface area contributed by atoms with Crippen molar-refractivity contribution in [1.82, 2.24) is 10.2 Å². The summed E-state index contributed by atoms with van der Waals surface area (Å²) in [5.41, 5.74) is 0. The van der Waals surface area contributed by atoms with Crippen LogP contribution in [0.5, 0.6) is 0 Å². The van der Waals surface area contributed by atoms with Gasteiger partial charge in [-0.05, 0) is 64.0 Å². The summed E-state index contributed by atoms with van der Waals surface area (Å²) in [5.74, 6) is 2.90. The minimum atomic E-state index is 0.764. The summed E-state index contributed by atoms with van der Waals surface area (Å²) in [6, 6.07) is 0.764. The summed E-state index contributed by atoms with van der Waals surface area (Å²) in [4.78, 5) is 2.60. The van der Waals surface area contributed by atoms with Gasteiger partial charge < -0.3 is 10.2 Å². The smallest absolute Gasteiger partial charge is 0.0105 e. The zero-order valence-electron chi connectivity index (χ0n) is 12.6. The molecule has 3 unspecified atom stereocenters. The molecule has 0 aromatic carbocycles. The van der Waals surface area contributed by atoms with Gasteiger partial charge in [0.15, 0.2) is 0 Å². The molecule has 0 heterocycles. The van der Waals surface area contributed by atoms with Crippen molar-refractivity contribution in [2.75, 3.05) is 27.2 Å². The summed E-state index contributed by atoms with van der Waals surface area (Å²) in [7, 11) is 4.48. The van der Waals surface area contributed by atoms with E-state index in [2.05, 4.69) is 31.2 Å². The van der Waals surface area contributed by atoms with Crippen molar-refractivity contribution < 1.29 is 0 Å². The Balaban J connectivity index is 1.80. The Morgan fingerprint density at radius 1 is 1.06 bits per heavy atom. The predicted molar refractivity (Wildman–Crippen MR) is 78.8 cm³/mol. The van der Waals surface area contributed by atoms with E-state index in [1.807, 2.05) is 0 Å². The summed E-state index contributed by atoms with van der Waals surface area (Å²) in [6.45, 7) is 4.98. The monoisotopic (exact) mass is 252 g/mol. The van der Waals surface area contributed by atoms with Crippen molar-refractivity contribution in [3.8, 4) is 0 Å². The van der Waals surface area contributed by atoms with Gasteiger partial charge in [-0.1, -0.05) is 19.8 Å². The molecule has 2 saturated carbocycles. The first-order chi connectivity index (χ1) is 8.72. The standard InChI is InChI=1S/C16H32N2/c1-4-5-13-8-9-16(17-2)15(10-13)12-18(3)11-14-6-7-14/h13-17H,4-12H2,1-3H3. The number of hydrogen-bond donors (Lipinski definition) is 1. The zero-order valence-corrected chi connectivity index (χ0v) is 12.6. The average Bonchev–Trinajstić information content (AvgIpc) is 3.13. The van der Waals surface area contributed by atoms with Gasteiger partial charge in [-0.3, -0.25) is 0 Å². The highest BCUT2D eigenvalue weighted by Gasteiger charge is 2.31. The van der Waals surface area contributed by atoms with E-state index >= 15 is 0 Å². The fourth-order valence-corrected chi connectivity index (χ4v) is 3.83. The number of nitrogens with zero attached hydrogens (tertiary/aromatic N) is 1. The van der Waals surface area contributed by atoms with Crippen LogP contribution in [-0.2, 0) is 0 Å². The molecule has 2 aliphatic rings. The van der Waals surface area contributed by atoms with Crippen LogP contribution in [0.1, 0.15) is 51.9 Å². The third-order valence-electron chi connectivity index (χ3n) is 4.97. The third-order valence-corrected chi connectivity index (χ3v) is 4.97. The molecular weight excluding hydrogens is 220 g/mol. The number of hydrogen-bond acceptors (Lipinski definition) is 2. The molecule has 2 nitrogen and oxygen atoms in total. The van der Waals surface area contributed by atoms with Crippen LogP contribution in [0, 0.1) is 17.8 Å². The summed E-state index contributed by atoms with van der Waals surface area (Å²) in [5, 5.41) is 3.56. The molecule has 0 amide bonds. The van der Waals surface area contributed by atoms with Crippen LogP contribution in [0.2, 0.25) is 0 Å². The number of nitrogens with one attached hydrogen (secondary N) is 1. The van der Waals surface area contributed by atoms with Crippen LogP contribution in [0.4, 0.5) is 0 Å². The fraction of sp³-hybridized carbons (Fsp3) is 1.00. The third kappa shape index (κ3) is 4.24. The van der Waals surface area contributed by atoms with Crippen molar-refractivity contribution in [2.45, 2.75) is 57.9 Å². The van der Waals surface area contributed by atoms with Gasteiger partial charge in [0.25, 0.3) is 0 Å². The lowest BCUT2D eigenvalue weighted by molar-refractivity contribution is 0.151. The second-order valence-corrected chi connectivity index (χ2v) is 6.79. The van der Waals surface area contributed by atoms with Crippen LogP contribution >= 0.6 is 0 Å². The topological polar surface area (TPSA) is 15.3 Å². The maximum atomic E-state index is 3.56. The Hall–Kier alpha value is -0.0800. The van der Waals surface area contributed by atoms with Gasteiger partial charge in [-0.2, -0.15) is 0 Å². The molecule has 1 N–H and O–H groups in total. The van der Waals surface area contributed by atoms with Crippen molar-refractivity contribution in [2.24, 2.45) is 17.8 Å². The Kier molecular flexibility index (Phi) is 5.50. The van der Waals surface area contributed by atoms with Crippen molar-refractivity contribution in [3.05, 3.63) is 0 Å². The van der Waals surface area contributed by atoms with Crippen LogP contribution in [0.15, 0.2) is 0 Å². The van der Waals surface area contributed by atoms with E-state index in [0.29, 0.717) is 0 Å². The van der Waals surface area contributed by atoms with E-state index < -0.39 is 0 Å². The summed E-state index contributed by atoms with van der Waals surface area (Å²) < 4.78 is 0. The van der Waals surface area contributed by atoms with Crippen LogP contribution in [0.25, 0.3) is 0 Å². The van der Waals surface area contributed by atoms with E-state index in [0.717, 1.165) is 23.8 Å². The van der Waals surface area contributed by atoms with E-state index in [-0.39, 0.29) is 0 Å². The first kappa shape index (κ1) is 14.3. The Morgan fingerprint density at radius 3 is 2.39 bits per heavy atom. The largest absolute Gasteiger partial charge is 0.317 e. The van der Waals surface area contributed by atoms with E-state index in [1.165, 1.54) is 58.0 Å². The summed E-state index contributed by atoms with van der Waals surface area (Å²) in [6.07, 6.45) is 10.0. The molecule has 106 valence electrons. The first-order valence-electron chi connectivity index (χ1n) is 8.08. The molecule has 2 fully saturated rings. The van der Waals surface area contributed by atoms with E-state index in [4.69, 9.17) is 0 Å². The molecule has 18 heavy (non-hydrogen) atoms. The van der Waals surface area contributed by atoms with Gasteiger partial charge in [0.1, 0.15) is 0 Å². The van der Waals surface area contributed by atoms with Gasteiger partial charge in [-0.15, -0.1) is 0 Å². The second-order valence-electron chi connectivity index (χ2n) is 6.79. The first-order valence-corrected chi connectivity index (χ1v) is 8.08. The minimum absolute atomic E-state index is 0.764. The quantitative estimate of drug-likeness (QED) is 0.749. The maximum Gasteiger partial charge on any atom is 0.0105 e. The molecule has 0 spiro atoms. The second kappa shape index (κ2) is 6.91. The van der Waals surface area contributed by atoms with E-state index in [1.54, 1.807) is 0 Å². The van der Waals surface area contributed by atoms with Crippen molar-refractivity contribution in [3.63, 3.8) is 0 Å². The van der Waals surface area contributed by atoms with Gasteiger partial charge in [0.05, 0.1) is 0 Å². The van der Waals surface area contributed by atoms with Crippen LogP contribution in [0.3, 0.4) is 0 Å². The molecule has 0 radical (unpaired) electrons. The zero-order chi connectivity index (χ0) is 13.0. The van der Waals surface area contributed by atoms with E-state index in [9.17, 15) is 0 Å². The summed E-state index contributed by atoms with van der Waals surface area (Å²) >= 11 is 0. The molecule has 3 atom stereocenters. The Labute approximate surface area is 114 Å². The normalized spacial score (nSPS) is 33.0.